The molecule has 0 bridgehead atoms. The molecule has 0 radical (unpaired) electrons. The van der Waals surface area contributed by atoms with Gasteiger partial charge in [-0.1, -0.05) is 39.0 Å². The molecule has 0 atom stereocenters. The minimum absolute atomic E-state index is 0.170. The molecule has 1 aromatic rings. The highest BCUT2D eigenvalue weighted by Gasteiger charge is 2.15. The Morgan fingerprint density at radius 1 is 1.20 bits per heavy atom. The van der Waals surface area contributed by atoms with E-state index >= 15 is 0 Å². The van der Waals surface area contributed by atoms with Crippen LogP contribution in [0.15, 0.2) is 39.7 Å². The van der Waals surface area contributed by atoms with Crippen LogP contribution in [0.5, 0.6) is 0 Å². The van der Waals surface area contributed by atoms with Crippen LogP contribution in [0.3, 0.4) is 0 Å². The first kappa shape index (κ1) is 10.0. The Balaban J connectivity index is 2.35. The molecule has 2 rings (SSSR count). The van der Waals surface area contributed by atoms with Crippen molar-refractivity contribution in [1.82, 2.24) is 0 Å². The topological polar surface area (TPSA) is 37.1 Å². The summed E-state index contributed by atoms with van der Waals surface area (Å²) in [5.41, 5.74) is 3.58. The van der Waals surface area contributed by atoms with Gasteiger partial charge >= 0.3 is 0 Å². The van der Waals surface area contributed by atoms with E-state index in [1.54, 1.807) is 0 Å². The molecule has 0 unspecified atom stereocenters. The SMILES string of the molecule is CC(C)(C)c1cccc(C2=NN=NC2)c1. The molecule has 0 aromatic heterocycles. The van der Waals surface area contributed by atoms with Gasteiger partial charge in [-0.15, -0.1) is 5.10 Å². The molecule has 3 nitrogen and oxygen atoms in total. The minimum Gasteiger partial charge on any atom is -0.162 e. The molecule has 0 amide bonds. The van der Waals surface area contributed by atoms with Gasteiger partial charge in [-0.25, -0.2) is 0 Å². The normalized spacial score (nSPS) is 15.5. The standard InChI is InChI=1S/C12H15N3/c1-12(2,3)10-6-4-5-9(7-10)11-8-13-15-14-11/h4-7H,8H2,1-3H3. The van der Waals surface area contributed by atoms with Crippen molar-refractivity contribution in [3.8, 4) is 0 Å². The monoisotopic (exact) mass is 201 g/mol. The van der Waals surface area contributed by atoms with E-state index in [9.17, 15) is 0 Å². The van der Waals surface area contributed by atoms with Gasteiger partial charge in [0.2, 0.25) is 0 Å². The average molecular weight is 201 g/mol. The van der Waals surface area contributed by atoms with Crippen molar-refractivity contribution in [3.05, 3.63) is 35.4 Å². The van der Waals surface area contributed by atoms with Gasteiger partial charge in [-0.2, -0.15) is 5.11 Å². The lowest BCUT2D eigenvalue weighted by Crippen LogP contribution is -2.12. The lowest BCUT2D eigenvalue weighted by Gasteiger charge is -2.19. The maximum Gasteiger partial charge on any atom is 0.107 e. The number of nitrogens with zero attached hydrogens (tertiary/aromatic N) is 3. The molecule has 1 aliphatic rings. The van der Waals surface area contributed by atoms with Gasteiger partial charge in [0.15, 0.2) is 0 Å². The second kappa shape index (κ2) is 3.57. The summed E-state index contributed by atoms with van der Waals surface area (Å²) in [6.07, 6.45) is 0. The first-order chi connectivity index (χ1) is 7.07. The zero-order valence-corrected chi connectivity index (χ0v) is 9.36. The van der Waals surface area contributed by atoms with Crippen LogP contribution < -0.4 is 0 Å². The molecule has 1 aromatic carbocycles. The van der Waals surface area contributed by atoms with E-state index in [1.165, 1.54) is 5.56 Å². The molecule has 15 heavy (non-hydrogen) atoms. The van der Waals surface area contributed by atoms with E-state index < -0.39 is 0 Å². The number of benzene rings is 1. The van der Waals surface area contributed by atoms with Crippen molar-refractivity contribution >= 4 is 5.71 Å². The van der Waals surface area contributed by atoms with Gasteiger partial charge in [-0.05, 0) is 22.3 Å². The summed E-state index contributed by atoms with van der Waals surface area (Å²) in [6, 6.07) is 8.45. The molecule has 0 aliphatic carbocycles. The Morgan fingerprint density at radius 2 is 2.00 bits per heavy atom. The van der Waals surface area contributed by atoms with Crippen molar-refractivity contribution in [2.45, 2.75) is 26.2 Å². The Kier molecular flexibility index (Phi) is 2.39. The third-order valence-electron chi connectivity index (χ3n) is 2.51. The van der Waals surface area contributed by atoms with Gasteiger partial charge in [0, 0.05) is 5.56 Å². The van der Waals surface area contributed by atoms with Crippen LogP contribution >= 0.6 is 0 Å². The van der Waals surface area contributed by atoms with E-state index in [0.29, 0.717) is 6.54 Å². The molecular formula is C12H15N3. The van der Waals surface area contributed by atoms with E-state index in [0.717, 1.165) is 11.3 Å². The molecule has 3 heteroatoms. The third-order valence-corrected chi connectivity index (χ3v) is 2.51. The van der Waals surface area contributed by atoms with Crippen molar-refractivity contribution < 1.29 is 0 Å². The Labute approximate surface area is 89.9 Å². The van der Waals surface area contributed by atoms with E-state index in [-0.39, 0.29) is 5.41 Å². The van der Waals surface area contributed by atoms with Gasteiger partial charge < -0.3 is 0 Å². The molecule has 1 aliphatic heterocycles. The van der Waals surface area contributed by atoms with E-state index in [1.807, 2.05) is 0 Å². The van der Waals surface area contributed by atoms with Crippen LogP contribution in [-0.2, 0) is 5.41 Å². The summed E-state index contributed by atoms with van der Waals surface area (Å²) < 4.78 is 0. The predicted octanol–water partition coefficient (Wildman–Crippen LogP) is 3.15. The molecule has 0 spiro atoms. The van der Waals surface area contributed by atoms with Crippen LogP contribution in [0.4, 0.5) is 0 Å². The van der Waals surface area contributed by atoms with Gasteiger partial charge in [0.25, 0.3) is 0 Å². The molecular weight excluding hydrogens is 186 g/mol. The lowest BCUT2D eigenvalue weighted by atomic mass is 9.86. The molecule has 0 saturated heterocycles. The molecule has 0 fully saturated rings. The smallest absolute Gasteiger partial charge is 0.107 e. The summed E-state index contributed by atoms with van der Waals surface area (Å²) in [7, 11) is 0. The zero-order valence-electron chi connectivity index (χ0n) is 9.36. The van der Waals surface area contributed by atoms with Gasteiger partial charge in [0.05, 0.1) is 5.71 Å². The second-order valence-corrected chi connectivity index (χ2v) is 4.77. The van der Waals surface area contributed by atoms with Crippen molar-refractivity contribution in [1.29, 1.82) is 0 Å². The maximum atomic E-state index is 4.00. The maximum absolute atomic E-state index is 4.00. The summed E-state index contributed by atoms with van der Waals surface area (Å²) in [4.78, 5) is 0. The summed E-state index contributed by atoms with van der Waals surface area (Å²) >= 11 is 0. The Bertz CT molecular complexity index is 425. The molecule has 0 saturated carbocycles. The van der Waals surface area contributed by atoms with Gasteiger partial charge in [0.1, 0.15) is 6.54 Å². The van der Waals surface area contributed by atoms with Crippen molar-refractivity contribution in [3.63, 3.8) is 0 Å². The third kappa shape index (κ3) is 2.12. The number of hydrogen-bond donors (Lipinski definition) is 0. The van der Waals surface area contributed by atoms with Crippen LogP contribution in [0, 0.1) is 0 Å². The zero-order chi connectivity index (χ0) is 10.9. The molecule has 1 heterocycles. The summed E-state index contributed by atoms with van der Waals surface area (Å²) in [5.74, 6) is 0. The van der Waals surface area contributed by atoms with Crippen LogP contribution in [-0.4, -0.2) is 12.3 Å². The first-order valence-electron chi connectivity index (χ1n) is 5.11. The predicted molar refractivity (Wildman–Crippen MR) is 61.4 cm³/mol. The first-order valence-corrected chi connectivity index (χ1v) is 5.11. The average Bonchev–Trinajstić information content (AvgIpc) is 2.69. The van der Waals surface area contributed by atoms with Crippen LogP contribution in [0.1, 0.15) is 31.9 Å². The lowest BCUT2D eigenvalue weighted by molar-refractivity contribution is 0.590. The van der Waals surface area contributed by atoms with E-state index in [4.69, 9.17) is 0 Å². The fraction of sp³-hybridized carbons (Fsp3) is 0.417. The summed E-state index contributed by atoms with van der Waals surface area (Å²) in [6.45, 7) is 7.22. The van der Waals surface area contributed by atoms with Crippen LogP contribution in [0.2, 0.25) is 0 Å². The van der Waals surface area contributed by atoms with Gasteiger partial charge in [-0.3, -0.25) is 0 Å². The number of rotatable bonds is 1. The highest BCUT2D eigenvalue weighted by Crippen LogP contribution is 2.23. The van der Waals surface area contributed by atoms with Crippen molar-refractivity contribution in [2.75, 3.05) is 6.54 Å². The van der Waals surface area contributed by atoms with E-state index in [2.05, 4.69) is 60.5 Å². The molecule has 0 N–H and O–H groups in total. The Hall–Kier alpha value is -1.51. The number of hydrogen-bond acceptors (Lipinski definition) is 3. The quantitative estimate of drug-likeness (QED) is 0.669. The van der Waals surface area contributed by atoms with Crippen LogP contribution in [0.25, 0.3) is 0 Å². The fourth-order valence-electron chi connectivity index (χ4n) is 1.53. The largest absolute Gasteiger partial charge is 0.162 e. The summed E-state index contributed by atoms with van der Waals surface area (Å²) in [5, 5.41) is 11.5. The van der Waals surface area contributed by atoms with Crippen molar-refractivity contribution in [2.24, 2.45) is 15.4 Å². The molecule has 78 valence electrons. The highest BCUT2D eigenvalue weighted by molar-refractivity contribution is 6.02. The fourth-order valence-corrected chi connectivity index (χ4v) is 1.53. The second-order valence-electron chi connectivity index (χ2n) is 4.77. The Morgan fingerprint density at radius 3 is 2.60 bits per heavy atom. The minimum atomic E-state index is 0.170. The highest BCUT2D eigenvalue weighted by atomic mass is 15.4.